The van der Waals surface area contributed by atoms with Gasteiger partial charge in [0.15, 0.2) is 0 Å². The Morgan fingerprint density at radius 3 is 2.60 bits per heavy atom. The number of aryl methyl sites for hydroxylation is 1. The van der Waals surface area contributed by atoms with E-state index in [0.717, 1.165) is 30.2 Å². The molecule has 1 aromatic rings. The molecule has 1 N–H and O–H groups in total. The summed E-state index contributed by atoms with van der Waals surface area (Å²) in [5.74, 6) is -0.524. The molecule has 2 saturated heterocycles. The molecule has 0 saturated carbocycles. The Morgan fingerprint density at radius 2 is 2.08 bits per heavy atom. The third kappa shape index (κ3) is 3.08. The van der Waals surface area contributed by atoms with Crippen LogP contribution in [0, 0.1) is 18.3 Å². The largest absolute Gasteiger partial charge is 0.481 e. The SMILES string of the molecule is CCCN1C[C@H]2CN(C(=O)c3sc(C(C)C)nc3C)C[C@@]2(C(=O)O)C1. The highest BCUT2D eigenvalue weighted by molar-refractivity contribution is 7.13. The van der Waals surface area contributed by atoms with E-state index in [1.807, 2.05) is 6.92 Å². The summed E-state index contributed by atoms with van der Waals surface area (Å²) < 4.78 is 0. The molecule has 1 aromatic heterocycles. The second-order valence-corrected chi connectivity index (χ2v) is 8.73. The molecule has 0 spiro atoms. The summed E-state index contributed by atoms with van der Waals surface area (Å²) in [6, 6.07) is 0. The van der Waals surface area contributed by atoms with Gasteiger partial charge in [-0.25, -0.2) is 4.98 Å². The topological polar surface area (TPSA) is 73.7 Å². The molecule has 2 atom stereocenters. The van der Waals surface area contributed by atoms with Crippen molar-refractivity contribution in [2.24, 2.45) is 11.3 Å². The van der Waals surface area contributed by atoms with Gasteiger partial charge in [-0.3, -0.25) is 9.59 Å². The van der Waals surface area contributed by atoms with Crippen molar-refractivity contribution in [3.63, 3.8) is 0 Å². The number of rotatable bonds is 5. The van der Waals surface area contributed by atoms with Crippen molar-refractivity contribution < 1.29 is 14.7 Å². The normalized spacial score (nSPS) is 26.4. The van der Waals surface area contributed by atoms with Crippen LogP contribution in [-0.4, -0.2) is 64.5 Å². The van der Waals surface area contributed by atoms with Gasteiger partial charge in [0, 0.05) is 38.0 Å². The first-order valence-corrected chi connectivity index (χ1v) is 9.82. The number of aliphatic carboxylic acids is 1. The summed E-state index contributed by atoms with van der Waals surface area (Å²) in [7, 11) is 0. The predicted molar refractivity (Wildman–Crippen MR) is 97.1 cm³/mol. The zero-order valence-corrected chi connectivity index (χ0v) is 16.2. The molecule has 0 bridgehead atoms. The van der Waals surface area contributed by atoms with Crippen molar-refractivity contribution >= 4 is 23.2 Å². The van der Waals surface area contributed by atoms with E-state index < -0.39 is 11.4 Å². The second-order valence-electron chi connectivity index (χ2n) is 7.70. The summed E-state index contributed by atoms with van der Waals surface area (Å²) in [5, 5.41) is 10.8. The summed E-state index contributed by atoms with van der Waals surface area (Å²) in [5.41, 5.74) is -0.0580. The van der Waals surface area contributed by atoms with E-state index in [0.29, 0.717) is 24.5 Å². The lowest BCUT2D eigenvalue weighted by molar-refractivity contribution is -0.148. The number of hydrogen-bond acceptors (Lipinski definition) is 5. The zero-order chi connectivity index (χ0) is 18.4. The smallest absolute Gasteiger partial charge is 0.313 e. The maximum Gasteiger partial charge on any atom is 0.313 e. The third-order valence-corrected chi connectivity index (χ3v) is 6.88. The Balaban J connectivity index is 1.80. The molecule has 2 aliphatic heterocycles. The van der Waals surface area contributed by atoms with Gasteiger partial charge in [-0.05, 0) is 19.9 Å². The Morgan fingerprint density at radius 1 is 1.36 bits per heavy atom. The van der Waals surface area contributed by atoms with E-state index in [1.54, 1.807) is 4.90 Å². The van der Waals surface area contributed by atoms with Gasteiger partial charge >= 0.3 is 5.97 Å². The van der Waals surface area contributed by atoms with Crippen LogP contribution < -0.4 is 0 Å². The molecule has 7 heteroatoms. The summed E-state index contributed by atoms with van der Waals surface area (Å²) in [6.45, 7) is 11.2. The van der Waals surface area contributed by atoms with Crippen molar-refractivity contribution in [1.82, 2.24) is 14.8 Å². The van der Waals surface area contributed by atoms with Gasteiger partial charge in [0.1, 0.15) is 10.3 Å². The highest BCUT2D eigenvalue weighted by Gasteiger charge is 2.58. The first-order valence-electron chi connectivity index (χ1n) is 9.00. The number of carbonyl (C=O) groups is 2. The van der Waals surface area contributed by atoms with Crippen molar-refractivity contribution in [3.8, 4) is 0 Å². The van der Waals surface area contributed by atoms with Gasteiger partial charge in [0.2, 0.25) is 0 Å². The van der Waals surface area contributed by atoms with Crippen molar-refractivity contribution in [3.05, 3.63) is 15.6 Å². The fraction of sp³-hybridized carbons (Fsp3) is 0.722. The van der Waals surface area contributed by atoms with E-state index in [9.17, 15) is 14.7 Å². The number of aromatic nitrogens is 1. The first kappa shape index (κ1) is 18.3. The molecular formula is C18H27N3O3S. The number of hydrogen-bond donors (Lipinski definition) is 1. The molecule has 0 radical (unpaired) electrons. The number of fused-ring (bicyclic) bond motifs is 1. The van der Waals surface area contributed by atoms with Gasteiger partial charge in [0.05, 0.1) is 10.7 Å². The number of nitrogens with zero attached hydrogens (tertiary/aromatic N) is 3. The molecule has 0 aliphatic carbocycles. The maximum atomic E-state index is 13.0. The number of thiazole rings is 1. The van der Waals surface area contributed by atoms with Crippen molar-refractivity contribution in [1.29, 1.82) is 0 Å². The van der Waals surface area contributed by atoms with Crippen LogP contribution in [0.2, 0.25) is 0 Å². The van der Waals surface area contributed by atoms with Crippen LogP contribution in [0.25, 0.3) is 0 Å². The lowest BCUT2D eigenvalue weighted by Gasteiger charge is -2.25. The zero-order valence-electron chi connectivity index (χ0n) is 15.4. The summed E-state index contributed by atoms with van der Waals surface area (Å²) in [4.78, 5) is 34.2. The van der Waals surface area contributed by atoms with Crippen LogP contribution in [0.3, 0.4) is 0 Å². The highest BCUT2D eigenvalue weighted by Crippen LogP contribution is 2.43. The van der Waals surface area contributed by atoms with E-state index in [4.69, 9.17) is 0 Å². The molecule has 0 aromatic carbocycles. The predicted octanol–water partition coefficient (Wildman–Crippen LogP) is 2.44. The molecule has 2 fully saturated rings. The van der Waals surface area contributed by atoms with Gasteiger partial charge in [-0.1, -0.05) is 20.8 Å². The fourth-order valence-electron chi connectivity index (χ4n) is 4.12. The Bertz CT molecular complexity index is 687. The first-order chi connectivity index (χ1) is 11.8. The van der Waals surface area contributed by atoms with Crippen LogP contribution in [0.5, 0.6) is 0 Å². The van der Waals surface area contributed by atoms with E-state index >= 15 is 0 Å². The summed E-state index contributed by atoms with van der Waals surface area (Å²) in [6.07, 6.45) is 1.02. The molecule has 6 nitrogen and oxygen atoms in total. The van der Waals surface area contributed by atoms with E-state index in [-0.39, 0.29) is 17.7 Å². The van der Waals surface area contributed by atoms with E-state index in [2.05, 4.69) is 30.7 Å². The molecule has 138 valence electrons. The third-order valence-electron chi connectivity index (χ3n) is 5.43. The molecule has 25 heavy (non-hydrogen) atoms. The average Bonchev–Trinajstić information content (AvgIpc) is 3.17. The average molecular weight is 365 g/mol. The van der Waals surface area contributed by atoms with Crippen LogP contribution in [0.1, 0.15) is 53.5 Å². The maximum absolute atomic E-state index is 13.0. The highest BCUT2D eigenvalue weighted by atomic mass is 32.1. The molecule has 1 amide bonds. The Hall–Kier alpha value is -1.47. The molecule has 0 unspecified atom stereocenters. The van der Waals surface area contributed by atoms with Crippen LogP contribution in [-0.2, 0) is 4.79 Å². The monoisotopic (exact) mass is 365 g/mol. The minimum atomic E-state index is -0.815. The van der Waals surface area contributed by atoms with Crippen LogP contribution in [0.4, 0.5) is 0 Å². The number of amides is 1. The van der Waals surface area contributed by atoms with Crippen LogP contribution >= 0.6 is 11.3 Å². The second kappa shape index (κ2) is 6.68. The molecule has 3 rings (SSSR count). The number of carboxylic acid groups (broad SMARTS) is 1. The number of likely N-dealkylation sites (tertiary alicyclic amines) is 2. The lowest BCUT2D eigenvalue weighted by Crippen LogP contribution is -2.42. The molecule has 3 heterocycles. The Labute approximate surface area is 152 Å². The number of carbonyl (C=O) groups excluding carboxylic acids is 1. The standard InChI is InChI=1S/C18H27N3O3S/c1-5-6-20-7-13-8-21(10-18(13,9-20)17(23)24)16(22)14-12(4)19-15(25-14)11(2)3/h11,13H,5-10H2,1-4H3,(H,23,24)/t13-,18-/m0/s1. The van der Waals surface area contributed by atoms with Gasteiger partial charge in [0.25, 0.3) is 5.91 Å². The minimum absolute atomic E-state index is 0.0123. The Kier molecular flexibility index (Phi) is 4.90. The van der Waals surface area contributed by atoms with Gasteiger partial charge in [-0.2, -0.15) is 0 Å². The fourth-order valence-corrected chi connectivity index (χ4v) is 5.16. The quantitative estimate of drug-likeness (QED) is 0.868. The van der Waals surface area contributed by atoms with Crippen molar-refractivity contribution in [2.45, 2.75) is 40.0 Å². The molecule has 2 aliphatic rings. The number of carboxylic acids is 1. The lowest BCUT2D eigenvalue weighted by atomic mass is 9.81. The van der Waals surface area contributed by atoms with Crippen LogP contribution in [0.15, 0.2) is 0 Å². The van der Waals surface area contributed by atoms with Gasteiger partial charge in [-0.15, -0.1) is 11.3 Å². The van der Waals surface area contributed by atoms with Gasteiger partial charge < -0.3 is 14.9 Å². The minimum Gasteiger partial charge on any atom is -0.481 e. The summed E-state index contributed by atoms with van der Waals surface area (Å²) >= 11 is 1.45. The van der Waals surface area contributed by atoms with E-state index in [1.165, 1.54) is 11.3 Å². The molecular weight excluding hydrogens is 338 g/mol. The van der Waals surface area contributed by atoms with Crippen molar-refractivity contribution in [2.75, 3.05) is 32.7 Å².